The van der Waals surface area contributed by atoms with Gasteiger partial charge in [0, 0.05) is 24.3 Å². The van der Waals surface area contributed by atoms with Gasteiger partial charge in [-0.3, -0.25) is 9.59 Å². The molecule has 0 radical (unpaired) electrons. The maximum absolute atomic E-state index is 12.4. The van der Waals surface area contributed by atoms with Gasteiger partial charge in [0.15, 0.2) is 6.10 Å². The van der Waals surface area contributed by atoms with Gasteiger partial charge in [-0.1, -0.05) is 6.07 Å². The van der Waals surface area contributed by atoms with Crippen LogP contribution in [0.25, 0.3) is 0 Å². The lowest BCUT2D eigenvalue weighted by molar-refractivity contribution is -0.122. The summed E-state index contributed by atoms with van der Waals surface area (Å²) in [5.41, 5.74) is 2.64. The molecule has 0 aromatic heterocycles. The third-order valence-electron chi connectivity index (χ3n) is 4.28. The summed E-state index contributed by atoms with van der Waals surface area (Å²) < 4.78 is 6.56. The van der Waals surface area contributed by atoms with E-state index in [1.165, 1.54) is 0 Å². The first kappa shape index (κ1) is 18.5. The summed E-state index contributed by atoms with van der Waals surface area (Å²) in [7, 11) is 0. The Morgan fingerprint density at radius 1 is 1.23 bits per heavy atom. The van der Waals surface area contributed by atoms with E-state index in [2.05, 4.69) is 21.2 Å². The number of carbonyl (C=O) groups excluding carboxylic acids is 2. The van der Waals surface area contributed by atoms with Crippen molar-refractivity contribution in [2.45, 2.75) is 32.8 Å². The number of hydrogen-bond acceptors (Lipinski definition) is 3. The van der Waals surface area contributed by atoms with Gasteiger partial charge in [-0.2, -0.15) is 0 Å². The normalized spacial score (nSPS) is 15.0. The first-order valence-corrected chi connectivity index (χ1v) is 9.37. The van der Waals surface area contributed by atoms with Crippen LogP contribution in [0.2, 0.25) is 0 Å². The zero-order valence-electron chi connectivity index (χ0n) is 14.8. The molecule has 0 saturated carbocycles. The van der Waals surface area contributed by atoms with Crippen LogP contribution in [0.4, 0.5) is 11.4 Å². The van der Waals surface area contributed by atoms with Crippen LogP contribution in [0.15, 0.2) is 46.9 Å². The average Bonchev–Trinajstić information content (AvgIpc) is 3.04. The lowest BCUT2D eigenvalue weighted by Crippen LogP contribution is -2.30. The second-order valence-electron chi connectivity index (χ2n) is 6.38. The molecule has 0 unspecified atom stereocenters. The standard InChI is InChI=1S/C20H21BrN2O3/c1-13-5-10-18(17(21)12-13)26-14(2)20(25)22-15-6-8-16(9-7-15)23-11-3-4-19(23)24/h5-10,12,14H,3-4,11H2,1-2H3,(H,22,25)/t14-/m0/s1. The van der Waals surface area contributed by atoms with Crippen LogP contribution in [0, 0.1) is 6.92 Å². The molecule has 1 N–H and O–H groups in total. The highest BCUT2D eigenvalue weighted by Gasteiger charge is 2.22. The van der Waals surface area contributed by atoms with Gasteiger partial charge in [-0.05, 0) is 78.2 Å². The summed E-state index contributed by atoms with van der Waals surface area (Å²) in [4.78, 5) is 25.9. The molecule has 0 spiro atoms. The first-order valence-electron chi connectivity index (χ1n) is 8.58. The predicted molar refractivity (Wildman–Crippen MR) is 106 cm³/mol. The zero-order valence-corrected chi connectivity index (χ0v) is 16.4. The minimum atomic E-state index is -0.645. The minimum Gasteiger partial charge on any atom is -0.480 e. The Morgan fingerprint density at radius 3 is 2.58 bits per heavy atom. The summed E-state index contributed by atoms with van der Waals surface area (Å²) >= 11 is 3.45. The van der Waals surface area contributed by atoms with Crippen LogP contribution in [-0.4, -0.2) is 24.5 Å². The lowest BCUT2D eigenvalue weighted by Gasteiger charge is -2.18. The molecule has 0 aliphatic carbocycles. The van der Waals surface area contributed by atoms with Crippen LogP contribution in [-0.2, 0) is 9.59 Å². The number of benzene rings is 2. The number of carbonyl (C=O) groups is 2. The minimum absolute atomic E-state index is 0.146. The first-order chi connectivity index (χ1) is 12.4. The summed E-state index contributed by atoms with van der Waals surface area (Å²) in [6.07, 6.45) is 0.844. The van der Waals surface area contributed by atoms with Crippen molar-refractivity contribution in [3.63, 3.8) is 0 Å². The van der Waals surface area contributed by atoms with Crippen molar-refractivity contribution in [1.29, 1.82) is 0 Å². The topological polar surface area (TPSA) is 58.6 Å². The third kappa shape index (κ3) is 4.25. The van der Waals surface area contributed by atoms with Crippen molar-refractivity contribution in [3.8, 4) is 5.75 Å². The van der Waals surface area contributed by atoms with Gasteiger partial charge in [0.1, 0.15) is 5.75 Å². The Morgan fingerprint density at radius 2 is 1.96 bits per heavy atom. The van der Waals surface area contributed by atoms with E-state index in [-0.39, 0.29) is 11.8 Å². The molecular formula is C20H21BrN2O3. The highest BCUT2D eigenvalue weighted by atomic mass is 79.9. The summed E-state index contributed by atoms with van der Waals surface area (Å²) in [6.45, 7) is 4.45. The van der Waals surface area contributed by atoms with Crippen molar-refractivity contribution in [2.24, 2.45) is 0 Å². The molecule has 2 amide bonds. The molecule has 5 nitrogen and oxygen atoms in total. The number of hydrogen-bond donors (Lipinski definition) is 1. The van der Waals surface area contributed by atoms with Crippen molar-refractivity contribution < 1.29 is 14.3 Å². The molecular weight excluding hydrogens is 396 g/mol. The van der Waals surface area contributed by atoms with Crippen LogP contribution < -0.4 is 15.0 Å². The Labute approximate surface area is 161 Å². The van der Waals surface area contributed by atoms with Crippen molar-refractivity contribution in [3.05, 3.63) is 52.5 Å². The van der Waals surface area contributed by atoms with Gasteiger partial charge in [0.2, 0.25) is 5.91 Å². The van der Waals surface area contributed by atoms with Gasteiger partial charge >= 0.3 is 0 Å². The second-order valence-corrected chi connectivity index (χ2v) is 7.23. The molecule has 1 heterocycles. The molecule has 1 fully saturated rings. The van der Waals surface area contributed by atoms with Gasteiger partial charge in [0.05, 0.1) is 4.47 Å². The zero-order chi connectivity index (χ0) is 18.7. The Kier molecular flexibility index (Phi) is 5.61. The molecule has 136 valence electrons. The number of rotatable bonds is 5. The van der Waals surface area contributed by atoms with Crippen LogP contribution in [0.5, 0.6) is 5.75 Å². The second kappa shape index (κ2) is 7.91. The third-order valence-corrected chi connectivity index (χ3v) is 4.90. The number of anilines is 2. The molecule has 1 saturated heterocycles. The highest BCUT2D eigenvalue weighted by Crippen LogP contribution is 2.27. The molecule has 1 aliphatic heterocycles. The van der Waals surface area contributed by atoms with E-state index in [1.807, 2.05) is 37.3 Å². The van der Waals surface area contributed by atoms with Gasteiger partial charge in [-0.25, -0.2) is 0 Å². The Balaban J connectivity index is 1.61. The molecule has 2 aromatic carbocycles. The lowest BCUT2D eigenvalue weighted by atomic mass is 10.2. The van der Waals surface area contributed by atoms with Crippen molar-refractivity contribution in [1.82, 2.24) is 0 Å². The molecule has 1 aliphatic rings. The summed E-state index contributed by atoms with van der Waals surface area (Å²) in [5, 5.41) is 2.84. The predicted octanol–water partition coefficient (Wildman–Crippen LogP) is 4.29. The monoisotopic (exact) mass is 416 g/mol. The number of amides is 2. The smallest absolute Gasteiger partial charge is 0.265 e. The van der Waals surface area contributed by atoms with E-state index in [0.717, 1.165) is 28.7 Å². The van der Waals surface area contributed by atoms with E-state index in [9.17, 15) is 9.59 Å². The quantitative estimate of drug-likeness (QED) is 0.790. The summed E-state index contributed by atoms with van der Waals surface area (Å²) in [6, 6.07) is 13.0. The highest BCUT2D eigenvalue weighted by molar-refractivity contribution is 9.10. The number of nitrogens with one attached hydrogen (secondary N) is 1. The summed E-state index contributed by atoms with van der Waals surface area (Å²) in [5.74, 6) is 0.538. The molecule has 26 heavy (non-hydrogen) atoms. The fraction of sp³-hybridized carbons (Fsp3) is 0.300. The average molecular weight is 417 g/mol. The molecule has 1 atom stereocenters. The van der Waals surface area contributed by atoms with Gasteiger partial charge in [-0.15, -0.1) is 0 Å². The van der Waals surface area contributed by atoms with Crippen molar-refractivity contribution in [2.75, 3.05) is 16.8 Å². The van der Waals surface area contributed by atoms with Crippen LogP contribution in [0.1, 0.15) is 25.3 Å². The van der Waals surface area contributed by atoms with E-state index >= 15 is 0 Å². The van der Waals surface area contributed by atoms with Crippen molar-refractivity contribution >= 4 is 39.1 Å². The van der Waals surface area contributed by atoms with E-state index in [4.69, 9.17) is 4.74 Å². The van der Waals surface area contributed by atoms with Crippen LogP contribution >= 0.6 is 15.9 Å². The maximum Gasteiger partial charge on any atom is 0.265 e. The SMILES string of the molecule is Cc1ccc(O[C@@H](C)C(=O)Nc2ccc(N3CCCC3=O)cc2)c(Br)c1. The number of halogens is 1. The number of ether oxygens (including phenoxy) is 1. The van der Waals surface area contributed by atoms with Crippen LogP contribution in [0.3, 0.4) is 0 Å². The largest absolute Gasteiger partial charge is 0.480 e. The molecule has 3 rings (SSSR count). The Bertz CT molecular complexity index is 820. The molecule has 0 bridgehead atoms. The maximum atomic E-state index is 12.4. The molecule has 6 heteroatoms. The fourth-order valence-electron chi connectivity index (χ4n) is 2.84. The van der Waals surface area contributed by atoms with E-state index < -0.39 is 6.10 Å². The van der Waals surface area contributed by atoms with Gasteiger partial charge < -0.3 is 15.0 Å². The van der Waals surface area contributed by atoms with Gasteiger partial charge in [0.25, 0.3) is 5.91 Å². The number of nitrogens with zero attached hydrogens (tertiary/aromatic N) is 1. The fourth-order valence-corrected chi connectivity index (χ4v) is 3.42. The Hall–Kier alpha value is -2.34. The molecule has 2 aromatic rings. The number of aryl methyl sites for hydroxylation is 1. The van der Waals surface area contributed by atoms with E-state index in [0.29, 0.717) is 17.9 Å². The van der Waals surface area contributed by atoms with E-state index in [1.54, 1.807) is 24.0 Å².